The van der Waals surface area contributed by atoms with E-state index in [0.29, 0.717) is 12.5 Å². The molecule has 0 bridgehead atoms. The molecule has 1 heterocycles. The molecule has 1 saturated heterocycles. The summed E-state index contributed by atoms with van der Waals surface area (Å²) in [5.74, 6) is 0.463. The monoisotopic (exact) mass is 463 g/mol. The lowest BCUT2D eigenvalue weighted by Gasteiger charge is -2.13. The largest absolute Gasteiger partial charge is 0.370 e. The van der Waals surface area contributed by atoms with E-state index in [2.05, 4.69) is 52.8 Å². The van der Waals surface area contributed by atoms with Crippen molar-refractivity contribution in [2.45, 2.75) is 44.3 Å². The molecule has 0 spiro atoms. The van der Waals surface area contributed by atoms with Crippen LogP contribution in [0.15, 0.2) is 53.5 Å². The summed E-state index contributed by atoms with van der Waals surface area (Å²) in [6, 6.07) is 16.9. The third-order valence-electron chi connectivity index (χ3n) is 5.12. The highest BCUT2D eigenvalue weighted by molar-refractivity contribution is 14.0. The molecule has 0 amide bonds. The summed E-state index contributed by atoms with van der Waals surface area (Å²) in [4.78, 5) is 4.48. The van der Waals surface area contributed by atoms with E-state index < -0.39 is 0 Å². The SMILES string of the molecule is I.NC(=NC[C@H]1CC[C@H](c2ccccc2)O1)Nc1ccc2c(c1)CCC2. The standard InChI is InChI=1S/C21H25N3O.HI/c22-21(24-18-10-9-15-7-4-8-17(15)13-18)23-14-19-11-12-20(25-19)16-5-2-1-3-6-16;/h1-3,5-6,9-10,13,19-20H,4,7-8,11-12,14H2,(H3,22,23,24);1H/t19-,20-;/m1./s1. The zero-order chi connectivity index (χ0) is 17.1. The van der Waals surface area contributed by atoms with Crippen LogP contribution in [-0.2, 0) is 17.6 Å². The first-order chi connectivity index (χ1) is 12.3. The Morgan fingerprint density at radius 3 is 2.73 bits per heavy atom. The molecule has 2 aromatic carbocycles. The summed E-state index contributed by atoms with van der Waals surface area (Å²) in [6.07, 6.45) is 6.01. The molecule has 0 aromatic heterocycles. The minimum Gasteiger partial charge on any atom is -0.370 e. The number of anilines is 1. The summed E-state index contributed by atoms with van der Waals surface area (Å²) in [5.41, 5.74) is 11.2. The van der Waals surface area contributed by atoms with Crippen molar-refractivity contribution in [1.82, 2.24) is 0 Å². The molecule has 5 heteroatoms. The van der Waals surface area contributed by atoms with Gasteiger partial charge in [0.05, 0.1) is 18.8 Å². The maximum absolute atomic E-state index is 6.12. The van der Waals surface area contributed by atoms with Crippen molar-refractivity contribution in [1.29, 1.82) is 0 Å². The summed E-state index contributed by atoms with van der Waals surface area (Å²) in [5, 5.41) is 3.21. The number of fused-ring (bicyclic) bond motifs is 1. The maximum atomic E-state index is 6.12. The molecule has 3 N–H and O–H groups in total. The van der Waals surface area contributed by atoms with Crippen LogP contribution in [0.5, 0.6) is 0 Å². The van der Waals surface area contributed by atoms with Gasteiger partial charge in [-0.25, -0.2) is 0 Å². The van der Waals surface area contributed by atoms with E-state index in [4.69, 9.17) is 10.5 Å². The lowest BCUT2D eigenvalue weighted by molar-refractivity contribution is 0.0501. The molecule has 0 saturated carbocycles. The maximum Gasteiger partial charge on any atom is 0.193 e. The summed E-state index contributed by atoms with van der Waals surface area (Å²) in [7, 11) is 0. The number of aliphatic imine (C=N–C) groups is 1. The Labute approximate surface area is 172 Å². The molecule has 2 atom stereocenters. The van der Waals surface area contributed by atoms with Crippen LogP contribution >= 0.6 is 24.0 Å². The quantitative estimate of drug-likeness (QED) is 0.401. The molecule has 26 heavy (non-hydrogen) atoms. The van der Waals surface area contributed by atoms with Gasteiger partial charge in [-0.3, -0.25) is 4.99 Å². The van der Waals surface area contributed by atoms with Gasteiger partial charge in [0.15, 0.2) is 5.96 Å². The molecule has 2 aromatic rings. The van der Waals surface area contributed by atoms with E-state index in [9.17, 15) is 0 Å². The lowest BCUT2D eigenvalue weighted by Crippen LogP contribution is -2.24. The first-order valence-corrected chi connectivity index (χ1v) is 9.17. The number of halogens is 1. The predicted molar refractivity (Wildman–Crippen MR) is 117 cm³/mol. The van der Waals surface area contributed by atoms with E-state index >= 15 is 0 Å². The van der Waals surface area contributed by atoms with Crippen molar-refractivity contribution in [3.63, 3.8) is 0 Å². The highest BCUT2D eigenvalue weighted by Gasteiger charge is 2.26. The molecule has 0 radical (unpaired) electrons. The average Bonchev–Trinajstić information content (AvgIpc) is 3.30. The normalized spacial score (nSPS) is 21.9. The summed E-state index contributed by atoms with van der Waals surface area (Å²) >= 11 is 0. The number of aryl methyl sites for hydroxylation is 2. The Balaban J connectivity index is 0.00000196. The Morgan fingerprint density at radius 2 is 1.88 bits per heavy atom. The fraction of sp³-hybridized carbons (Fsp3) is 0.381. The van der Waals surface area contributed by atoms with Gasteiger partial charge in [0.2, 0.25) is 0 Å². The van der Waals surface area contributed by atoms with Crippen LogP contribution in [0.25, 0.3) is 0 Å². The number of hydrogen-bond acceptors (Lipinski definition) is 2. The molecule has 4 rings (SSSR count). The van der Waals surface area contributed by atoms with Crippen molar-refractivity contribution in [2.75, 3.05) is 11.9 Å². The van der Waals surface area contributed by atoms with Crippen LogP contribution in [0.3, 0.4) is 0 Å². The second-order valence-corrected chi connectivity index (χ2v) is 6.92. The first kappa shape index (κ1) is 19.2. The van der Waals surface area contributed by atoms with Gasteiger partial charge in [-0.15, -0.1) is 24.0 Å². The Bertz CT molecular complexity index is 763. The molecule has 138 valence electrons. The van der Waals surface area contributed by atoms with Crippen LogP contribution in [0.1, 0.15) is 42.1 Å². The molecule has 0 unspecified atom stereocenters. The van der Waals surface area contributed by atoms with E-state index in [0.717, 1.165) is 18.5 Å². The Morgan fingerprint density at radius 1 is 1.08 bits per heavy atom. The van der Waals surface area contributed by atoms with Gasteiger partial charge >= 0.3 is 0 Å². The van der Waals surface area contributed by atoms with E-state index in [1.54, 1.807) is 0 Å². The molecule has 1 aliphatic heterocycles. The number of nitrogens with two attached hydrogens (primary N) is 1. The number of ether oxygens (including phenoxy) is 1. The van der Waals surface area contributed by atoms with Crippen LogP contribution < -0.4 is 11.1 Å². The van der Waals surface area contributed by atoms with Gasteiger partial charge < -0.3 is 15.8 Å². The minimum absolute atomic E-state index is 0. The fourth-order valence-electron chi connectivity index (χ4n) is 3.79. The molecule has 1 fully saturated rings. The van der Waals surface area contributed by atoms with Crippen LogP contribution in [0, 0.1) is 0 Å². The van der Waals surface area contributed by atoms with Crippen LogP contribution in [0.2, 0.25) is 0 Å². The van der Waals surface area contributed by atoms with E-state index in [1.807, 2.05) is 6.07 Å². The number of rotatable bonds is 4. The van der Waals surface area contributed by atoms with E-state index in [1.165, 1.54) is 36.0 Å². The van der Waals surface area contributed by atoms with Gasteiger partial charge in [0, 0.05) is 5.69 Å². The van der Waals surface area contributed by atoms with Crippen molar-refractivity contribution in [3.05, 3.63) is 65.2 Å². The molecular weight excluding hydrogens is 437 g/mol. The van der Waals surface area contributed by atoms with Gasteiger partial charge in [0.1, 0.15) is 0 Å². The molecule has 1 aliphatic carbocycles. The third kappa shape index (κ3) is 4.57. The number of guanidine groups is 1. The second-order valence-electron chi connectivity index (χ2n) is 6.92. The number of hydrogen-bond donors (Lipinski definition) is 2. The van der Waals surface area contributed by atoms with Crippen molar-refractivity contribution in [2.24, 2.45) is 10.7 Å². The van der Waals surface area contributed by atoms with Gasteiger partial charge in [-0.2, -0.15) is 0 Å². The number of benzene rings is 2. The first-order valence-electron chi connectivity index (χ1n) is 9.17. The summed E-state index contributed by atoms with van der Waals surface area (Å²) < 4.78 is 6.12. The number of nitrogens with zero attached hydrogens (tertiary/aromatic N) is 1. The fourth-order valence-corrected chi connectivity index (χ4v) is 3.79. The van der Waals surface area contributed by atoms with Crippen molar-refractivity contribution < 1.29 is 4.74 Å². The van der Waals surface area contributed by atoms with Gasteiger partial charge in [-0.1, -0.05) is 36.4 Å². The summed E-state index contributed by atoms with van der Waals surface area (Å²) in [6.45, 7) is 0.604. The topological polar surface area (TPSA) is 59.6 Å². The predicted octanol–water partition coefficient (Wildman–Crippen LogP) is 4.44. The third-order valence-corrected chi connectivity index (χ3v) is 5.12. The zero-order valence-corrected chi connectivity index (χ0v) is 17.2. The van der Waals surface area contributed by atoms with Crippen molar-refractivity contribution in [3.8, 4) is 0 Å². The lowest BCUT2D eigenvalue weighted by atomic mass is 10.1. The van der Waals surface area contributed by atoms with Crippen molar-refractivity contribution >= 4 is 35.6 Å². The number of nitrogens with one attached hydrogen (secondary N) is 1. The average molecular weight is 463 g/mol. The Kier molecular flexibility index (Phi) is 6.53. The van der Waals surface area contributed by atoms with E-state index in [-0.39, 0.29) is 36.2 Å². The van der Waals surface area contributed by atoms with Gasteiger partial charge in [0.25, 0.3) is 0 Å². The second kappa shape index (κ2) is 8.86. The smallest absolute Gasteiger partial charge is 0.193 e. The Hall–Kier alpha value is -1.60. The highest BCUT2D eigenvalue weighted by atomic mass is 127. The zero-order valence-electron chi connectivity index (χ0n) is 14.9. The molecule has 4 nitrogen and oxygen atoms in total. The molecular formula is C21H26IN3O. The van der Waals surface area contributed by atoms with Gasteiger partial charge in [-0.05, 0) is 60.9 Å². The van der Waals surface area contributed by atoms with Crippen LogP contribution in [0.4, 0.5) is 5.69 Å². The molecule has 2 aliphatic rings. The van der Waals surface area contributed by atoms with Crippen LogP contribution in [-0.4, -0.2) is 18.6 Å². The minimum atomic E-state index is 0. The highest BCUT2D eigenvalue weighted by Crippen LogP contribution is 2.32.